The first-order valence-corrected chi connectivity index (χ1v) is 9.83. The third-order valence-corrected chi connectivity index (χ3v) is 5.26. The first-order valence-electron chi connectivity index (χ1n) is 8.84. The average Bonchev–Trinajstić information content (AvgIpc) is 3.10. The second-order valence-electron chi connectivity index (χ2n) is 6.56. The predicted octanol–water partition coefficient (Wildman–Crippen LogP) is 2.01. The zero-order valence-electron chi connectivity index (χ0n) is 15.1. The molecule has 1 saturated heterocycles. The van der Waals surface area contributed by atoms with Gasteiger partial charge in [0.1, 0.15) is 11.6 Å². The molecule has 1 aliphatic heterocycles. The lowest BCUT2D eigenvalue weighted by Crippen LogP contribution is -2.44. The lowest BCUT2D eigenvalue weighted by molar-refractivity contribution is -0.130. The number of aromatic nitrogens is 3. The minimum Gasteiger partial charge on any atom is -0.352 e. The van der Waals surface area contributed by atoms with Crippen LogP contribution < -0.4 is 5.32 Å². The summed E-state index contributed by atoms with van der Waals surface area (Å²) in [5.41, 5.74) is 0.429. The summed E-state index contributed by atoms with van der Waals surface area (Å²) in [5, 5.41) is 10.2. The van der Waals surface area contributed by atoms with E-state index < -0.39 is 0 Å². The van der Waals surface area contributed by atoms with E-state index in [0.29, 0.717) is 29.6 Å². The number of nitrogens with zero attached hydrogens (tertiary/aromatic N) is 3. The van der Waals surface area contributed by atoms with Gasteiger partial charge >= 0.3 is 0 Å². The van der Waals surface area contributed by atoms with Crippen LogP contribution in [0.4, 0.5) is 4.39 Å². The van der Waals surface area contributed by atoms with Crippen LogP contribution in [0.25, 0.3) is 0 Å². The number of nitrogens with one attached hydrogen (secondary N) is 2. The fraction of sp³-hybridized carbons (Fsp3) is 0.444. The number of H-pyrrole nitrogens is 1. The molecule has 1 aliphatic rings. The van der Waals surface area contributed by atoms with Gasteiger partial charge in [0.05, 0.1) is 5.75 Å². The Hall–Kier alpha value is -2.42. The number of carbonyl (C=O) groups is 2. The molecule has 2 heterocycles. The molecule has 9 heteroatoms. The van der Waals surface area contributed by atoms with Crippen LogP contribution in [0.15, 0.2) is 29.4 Å². The van der Waals surface area contributed by atoms with Crippen LogP contribution in [0.5, 0.6) is 0 Å². The fourth-order valence-corrected chi connectivity index (χ4v) is 3.75. The number of hydrogen-bond donors (Lipinski definition) is 2. The SMILES string of the molecule is Cc1nc(SCC(=O)N2CCC[C@H](CNC(=O)c3ccc(F)cc3)C2)n[nH]1. The number of benzene rings is 1. The topological polar surface area (TPSA) is 91.0 Å². The molecule has 0 unspecified atom stereocenters. The zero-order valence-corrected chi connectivity index (χ0v) is 15.9. The highest BCUT2D eigenvalue weighted by Crippen LogP contribution is 2.19. The molecule has 1 atom stereocenters. The number of aromatic amines is 1. The molecule has 1 aromatic heterocycles. The van der Waals surface area contributed by atoms with E-state index in [4.69, 9.17) is 0 Å². The molecule has 0 aliphatic carbocycles. The van der Waals surface area contributed by atoms with Crippen LogP contribution in [-0.4, -0.2) is 57.3 Å². The molecule has 2 N–H and O–H groups in total. The first kappa shape index (κ1) is 19.3. The summed E-state index contributed by atoms with van der Waals surface area (Å²) < 4.78 is 12.9. The number of halogens is 1. The van der Waals surface area contributed by atoms with Crippen LogP contribution in [0.2, 0.25) is 0 Å². The summed E-state index contributed by atoms with van der Waals surface area (Å²) >= 11 is 1.32. The van der Waals surface area contributed by atoms with Gasteiger partial charge in [-0.2, -0.15) is 0 Å². The number of carbonyl (C=O) groups excluding carboxylic acids is 2. The highest BCUT2D eigenvalue weighted by atomic mass is 32.2. The van der Waals surface area contributed by atoms with Gasteiger partial charge in [-0.3, -0.25) is 14.7 Å². The third kappa shape index (κ3) is 5.53. The van der Waals surface area contributed by atoms with Gasteiger partial charge in [0.25, 0.3) is 5.91 Å². The van der Waals surface area contributed by atoms with E-state index in [9.17, 15) is 14.0 Å². The number of likely N-dealkylation sites (tertiary alicyclic amines) is 1. The van der Waals surface area contributed by atoms with E-state index in [-0.39, 0.29) is 23.5 Å². The molecule has 144 valence electrons. The van der Waals surface area contributed by atoms with Crippen LogP contribution in [0.3, 0.4) is 0 Å². The second kappa shape index (κ2) is 8.98. The van der Waals surface area contributed by atoms with E-state index in [2.05, 4.69) is 20.5 Å². The van der Waals surface area contributed by atoms with Crippen LogP contribution in [-0.2, 0) is 4.79 Å². The quantitative estimate of drug-likeness (QED) is 0.735. The maximum atomic E-state index is 12.9. The Morgan fingerprint density at radius 1 is 1.37 bits per heavy atom. The van der Waals surface area contributed by atoms with Crippen molar-refractivity contribution in [2.75, 3.05) is 25.4 Å². The van der Waals surface area contributed by atoms with Gasteiger partial charge in [-0.25, -0.2) is 9.37 Å². The Morgan fingerprint density at radius 2 is 2.15 bits per heavy atom. The van der Waals surface area contributed by atoms with Crippen molar-refractivity contribution in [3.05, 3.63) is 41.5 Å². The summed E-state index contributed by atoms with van der Waals surface area (Å²) in [5.74, 6) is 0.686. The van der Waals surface area contributed by atoms with Crippen molar-refractivity contribution in [2.45, 2.75) is 24.9 Å². The van der Waals surface area contributed by atoms with Gasteiger partial charge in [0, 0.05) is 25.2 Å². The molecule has 3 rings (SSSR count). The Balaban J connectivity index is 1.45. The molecule has 1 fully saturated rings. The minimum absolute atomic E-state index is 0.0528. The molecule has 0 saturated carbocycles. The van der Waals surface area contributed by atoms with E-state index in [1.54, 1.807) is 0 Å². The Kier molecular flexibility index (Phi) is 6.44. The molecule has 0 radical (unpaired) electrons. The molecule has 7 nitrogen and oxygen atoms in total. The van der Waals surface area contributed by atoms with Crippen molar-refractivity contribution >= 4 is 23.6 Å². The second-order valence-corrected chi connectivity index (χ2v) is 7.50. The van der Waals surface area contributed by atoms with Crippen molar-refractivity contribution in [3.8, 4) is 0 Å². The average molecular weight is 391 g/mol. The monoisotopic (exact) mass is 391 g/mol. The summed E-state index contributed by atoms with van der Waals surface area (Å²) in [6, 6.07) is 5.46. The molecular weight excluding hydrogens is 369 g/mol. The van der Waals surface area contributed by atoms with E-state index in [1.807, 2.05) is 11.8 Å². The summed E-state index contributed by atoms with van der Waals surface area (Å²) in [4.78, 5) is 30.6. The molecule has 2 aromatic rings. The maximum absolute atomic E-state index is 12.9. The molecular formula is C18H22FN5O2S. The number of hydrogen-bond acceptors (Lipinski definition) is 5. The fourth-order valence-electron chi connectivity index (χ4n) is 3.00. The number of rotatable bonds is 6. The van der Waals surface area contributed by atoms with Gasteiger partial charge in [0.2, 0.25) is 11.1 Å². The number of amides is 2. The maximum Gasteiger partial charge on any atom is 0.251 e. The van der Waals surface area contributed by atoms with Crippen molar-refractivity contribution in [1.82, 2.24) is 25.4 Å². The van der Waals surface area contributed by atoms with E-state index >= 15 is 0 Å². The normalized spacial score (nSPS) is 17.0. The minimum atomic E-state index is -0.369. The lowest BCUT2D eigenvalue weighted by Gasteiger charge is -2.32. The van der Waals surface area contributed by atoms with Crippen LogP contribution in [0.1, 0.15) is 29.0 Å². The number of thioether (sulfide) groups is 1. The van der Waals surface area contributed by atoms with Crippen molar-refractivity contribution in [1.29, 1.82) is 0 Å². The molecule has 1 aromatic carbocycles. The number of piperidine rings is 1. The third-order valence-electron chi connectivity index (χ3n) is 4.43. The Labute approximate surface area is 161 Å². The first-order chi connectivity index (χ1) is 13.0. The Bertz CT molecular complexity index is 795. The summed E-state index contributed by atoms with van der Waals surface area (Å²) in [7, 11) is 0. The molecule has 0 bridgehead atoms. The van der Waals surface area contributed by atoms with E-state index in [1.165, 1.54) is 36.0 Å². The standard InChI is InChI=1S/C18H22FN5O2S/c1-12-21-18(23-22-12)27-11-16(25)24-8-2-3-13(10-24)9-20-17(26)14-4-6-15(19)7-5-14/h4-7,13H,2-3,8-11H2,1H3,(H,20,26)(H,21,22,23)/t13-/m1/s1. The largest absolute Gasteiger partial charge is 0.352 e. The van der Waals surface area contributed by atoms with Gasteiger partial charge in [0.15, 0.2) is 0 Å². The van der Waals surface area contributed by atoms with E-state index in [0.717, 1.165) is 25.2 Å². The van der Waals surface area contributed by atoms with Crippen molar-refractivity contribution < 1.29 is 14.0 Å². The van der Waals surface area contributed by atoms with Gasteiger partial charge < -0.3 is 10.2 Å². The molecule has 2 amide bonds. The van der Waals surface area contributed by atoms with Crippen molar-refractivity contribution in [3.63, 3.8) is 0 Å². The molecule has 0 spiro atoms. The molecule has 27 heavy (non-hydrogen) atoms. The smallest absolute Gasteiger partial charge is 0.251 e. The van der Waals surface area contributed by atoms with Gasteiger partial charge in [-0.05, 0) is 49.9 Å². The van der Waals surface area contributed by atoms with Gasteiger partial charge in [-0.1, -0.05) is 11.8 Å². The highest BCUT2D eigenvalue weighted by molar-refractivity contribution is 7.99. The lowest BCUT2D eigenvalue weighted by atomic mass is 9.98. The van der Waals surface area contributed by atoms with Gasteiger partial charge in [-0.15, -0.1) is 5.10 Å². The van der Waals surface area contributed by atoms with Crippen molar-refractivity contribution in [2.24, 2.45) is 5.92 Å². The van der Waals surface area contributed by atoms with Crippen LogP contribution >= 0.6 is 11.8 Å². The predicted molar refractivity (Wildman–Crippen MR) is 99.9 cm³/mol. The highest BCUT2D eigenvalue weighted by Gasteiger charge is 2.24. The summed E-state index contributed by atoms with van der Waals surface area (Å²) in [6.07, 6.45) is 1.87. The Morgan fingerprint density at radius 3 is 2.85 bits per heavy atom. The number of aryl methyl sites for hydroxylation is 1. The zero-order chi connectivity index (χ0) is 19.2. The van der Waals surface area contributed by atoms with Crippen LogP contribution in [0, 0.1) is 18.7 Å². The summed E-state index contributed by atoms with van der Waals surface area (Å²) in [6.45, 7) is 3.66.